The van der Waals surface area contributed by atoms with Crippen molar-refractivity contribution < 1.29 is 23.1 Å². The van der Waals surface area contributed by atoms with Gasteiger partial charge in [0, 0.05) is 18.8 Å². The van der Waals surface area contributed by atoms with Gasteiger partial charge in [0.1, 0.15) is 0 Å². The van der Waals surface area contributed by atoms with Crippen LogP contribution in [-0.4, -0.2) is 42.8 Å². The van der Waals surface area contributed by atoms with Crippen molar-refractivity contribution in [1.29, 1.82) is 0 Å². The quantitative estimate of drug-likeness (QED) is 0.732. The molecule has 3 rings (SSSR count). The van der Waals surface area contributed by atoms with Crippen molar-refractivity contribution in [3.8, 4) is 0 Å². The second-order valence-electron chi connectivity index (χ2n) is 7.59. The molecule has 152 valence electrons. The highest BCUT2D eigenvalue weighted by Gasteiger charge is 2.34. The molecule has 8 heteroatoms. The van der Waals surface area contributed by atoms with Crippen LogP contribution in [0.1, 0.15) is 32.6 Å². The van der Waals surface area contributed by atoms with Crippen LogP contribution in [0.15, 0.2) is 41.3 Å². The van der Waals surface area contributed by atoms with Crippen LogP contribution in [0.25, 0.3) is 0 Å². The average molecular weight is 407 g/mol. The summed E-state index contributed by atoms with van der Waals surface area (Å²) in [4.78, 5) is 24.1. The van der Waals surface area contributed by atoms with E-state index >= 15 is 0 Å². The SMILES string of the molecule is CC1CCN(S(=O)(=O)c2ccc(NC(=O)C3CC=CCC3C(=O)O)cc2)CC1. The summed E-state index contributed by atoms with van der Waals surface area (Å²) in [5.74, 6) is -2.19. The summed E-state index contributed by atoms with van der Waals surface area (Å²) in [6.07, 6.45) is 6.02. The molecule has 1 aromatic carbocycles. The molecule has 7 nitrogen and oxygen atoms in total. The van der Waals surface area contributed by atoms with E-state index in [1.54, 1.807) is 18.2 Å². The van der Waals surface area contributed by atoms with Gasteiger partial charge in [-0.3, -0.25) is 9.59 Å². The summed E-state index contributed by atoms with van der Waals surface area (Å²) < 4.78 is 27.0. The number of hydrogen-bond acceptors (Lipinski definition) is 4. The lowest BCUT2D eigenvalue weighted by Crippen LogP contribution is -2.37. The molecule has 0 aromatic heterocycles. The summed E-state index contributed by atoms with van der Waals surface area (Å²) in [7, 11) is -3.54. The van der Waals surface area contributed by atoms with E-state index in [4.69, 9.17) is 0 Å². The summed E-state index contributed by atoms with van der Waals surface area (Å²) in [6.45, 7) is 3.17. The van der Waals surface area contributed by atoms with Gasteiger partial charge >= 0.3 is 5.97 Å². The van der Waals surface area contributed by atoms with Crippen molar-refractivity contribution in [1.82, 2.24) is 4.31 Å². The predicted octanol–water partition coefficient (Wildman–Crippen LogP) is 2.71. The number of sulfonamides is 1. The molecule has 1 heterocycles. The molecular formula is C20H26N2O5S. The molecule has 2 aliphatic rings. The fraction of sp³-hybridized carbons (Fsp3) is 0.500. The van der Waals surface area contributed by atoms with Crippen molar-refractivity contribution >= 4 is 27.6 Å². The molecule has 1 aromatic rings. The van der Waals surface area contributed by atoms with Gasteiger partial charge in [-0.2, -0.15) is 4.31 Å². The largest absolute Gasteiger partial charge is 0.481 e. The van der Waals surface area contributed by atoms with E-state index in [1.165, 1.54) is 16.4 Å². The van der Waals surface area contributed by atoms with Crippen molar-refractivity contribution in [3.05, 3.63) is 36.4 Å². The van der Waals surface area contributed by atoms with Gasteiger partial charge in [0.05, 0.1) is 16.7 Å². The number of aliphatic carboxylic acids is 1. The molecule has 2 N–H and O–H groups in total. The summed E-state index contributed by atoms with van der Waals surface area (Å²) in [6, 6.07) is 6.06. The van der Waals surface area contributed by atoms with E-state index < -0.39 is 27.8 Å². The normalized spacial score (nSPS) is 24.0. The van der Waals surface area contributed by atoms with Crippen LogP contribution in [0.4, 0.5) is 5.69 Å². The number of carbonyl (C=O) groups is 2. The Hall–Kier alpha value is -2.19. The molecule has 0 saturated carbocycles. The third-order valence-electron chi connectivity index (χ3n) is 5.59. The van der Waals surface area contributed by atoms with Gasteiger partial charge in [-0.05, 0) is 55.9 Å². The fourth-order valence-electron chi connectivity index (χ4n) is 3.70. The van der Waals surface area contributed by atoms with Crippen LogP contribution >= 0.6 is 0 Å². The van der Waals surface area contributed by atoms with Crippen molar-refractivity contribution in [3.63, 3.8) is 0 Å². The first-order valence-corrected chi connectivity index (χ1v) is 11.0. The Kier molecular flexibility index (Phi) is 6.20. The first-order valence-electron chi connectivity index (χ1n) is 9.58. The number of carboxylic acid groups (broad SMARTS) is 1. The van der Waals surface area contributed by atoms with Gasteiger partial charge in [0.2, 0.25) is 15.9 Å². The van der Waals surface area contributed by atoms with E-state index in [0.717, 1.165) is 12.8 Å². The molecule has 2 unspecified atom stereocenters. The summed E-state index contributed by atoms with van der Waals surface area (Å²) >= 11 is 0. The second kappa shape index (κ2) is 8.45. The number of rotatable bonds is 5. The number of anilines is 1. The van der Waals surface area contributed by atoms with Gasteiger partial charge < -0.3 is 10.4 Å². The molecular weight excluding hydrogens is 380 g/mol. The van der Waals surface area contributed by atoms with E-state index in [-0.39, 0.29) is 10.8 Å². The highest BCUT2D eigenvalue weighted by atomic mass is 32.2. The predicted molar refractivity (Wildman–Crippen MR) is 105 cm³/mol. The summed E-state index contributed by atoms with van der Waals surface area (Å²) in [5.41, 5.74) is 0.454. The number of nitrogens with zero attached hydrogens (tertiary/aromatic N) is 1. The smallest absolute Gasteiger partial charge is 0.307 e. The molecule has 28 heavy (non-hydrogen) atoms. The minimum absolute atomic E-state index is 0.198. The summed E-state index contributed by atoms with van der Waals surface area (Å²) in [5, 5.41) is 12.0. The molecule has 0 spiro atoms. The average Bonchev–Trinajstić information content (AvgIpc) is 2.68. The number of hydrogen-bond donors (Lipinski definition) is 2. The Balaban J connectivity index is 1.68. The van der Waals surface area contributed by atoms with E-state index in [9.17, 15) is 23.1 Å². The Labute approximate surface area is 165 Å². The molecule has 1 amide bonds. The van der Waals surface area contributed by atoms with Crippen LogP contribution < -0.4 is 5.32 Å². The minimum Gasteiger partial charge on any atom is -0.481 e. The minimum atomic E-state index is -3.54. The van der Waals surface area contributed by atoms with E-state index in [0.29, 0.717) is 37.5 Å². The number of carbonyl (C=O) groups excluding carboxylic acids is 1. The van der Waals surface area contributed by atoms with Crippen molar-refractivity contribution in [2.45, 2.75) is 37.5 Å². The van der Waals surface area contributed by atoms with Gasteiger partial charge in [0.15, 0.2) is 0 Å². The Morgan fingerprint density at radius 3 is 2.18 bits per heavy atom. The Bertz CT molecular complexity index is 855. The number of amides is 1. The fourth-order valence-corrected chi connectivity index (χ4v) is 5.17. The number of allylic oxidation sites excluding steroid dienone is 2. The number of nitrogens with one attached hydrogen (secondary N) is 1. The van der Waals surface area contributed by atoms with Gasteiger partial charge in [0.25, 0.3) is 0 Å². The zero-order chi connectivity index (χ0) is 20.3. The zero-order valence-corrected chi connectivity index (χ0v) is 16.7. The zero-order valence-electron chi connectivity index (χ0n) is 15.9. The lowest BCUT2D eigenvalue weighted by atomic mass is 9.82. The van der Waals surface area contributed by atoms with Crippen molar-refractivity contribution in [2.75, 3.05) is 18.4 Å². The number of carboxylic acids is 1. The van der Waals surface area contributed by atoms with Crippen molar-refractivity contribution in [2.24, 2.45) is 17.8 Å². The maximum Gasteiger partial charge on any atom is 0.307 e. The van der Waals surface area contributed by atoms with E-state index in [1.807, 2.05) is 6.08 Å². The molecule has 1 aliphatic heterocycles. The molecule has 1 aliphatic carbocycles. The van der Waals surface area contributed by atoms with Crippen LogP contribution in [0, 0.1) is 17.8 Å². The number of piperidine rings is 1. The maximum absolute atomic E-state index is 12.8. The highest BCUT2D eigenvalue weighted by molar-refractivity contribution is 7.89. The third kappa shape index (κ3) is 4.44. The lowest BCUT2D eigenvalue weighted by molar-refractivity contribution is -0.146. The van der Waals surface area contributed by atoms with Gasteiger partial charge in [-0.25, -0.2) is 8.42 Å². The van der Waals surface area contributed by atoms with Crippen LogP contribution in [-0.2, 0) is 19.6 Å². The Morgan fingerprint density at radius 2 is 1.61 bits per heavy atom. The third-order valence-corrected chi connectivity index (χ3v) is 7.50. The second-order valence-corrected chi connectivity index (χ2v) is 9.53. The molecule has 1 fully saturated rings. The molecule has 1 saturated heterocycles. The molecule has 0 radical (unpaired) electrons. The molecule has 2 atom stereocenters. The maximum atomic E-state index is 12.8. The molecule has 0 bridgehead atoms. The van der Waals surface area contributed by atoms with Crippen LogP contribution in [0.5, 0.6) is 0 Å². The van der Waals surface area contributed by atoms with Gasteiger partial charge in [-0.1, -0.05) is 19.1 Å². The van der Waals surface area contributed by atoms with Gasteiger partial charge in [-0.15, -0.1) is 0 Å². The highest BCUT2D eigenvalue weighted by Crippen LogP contribution is 2.28. The topological polar surface area (TPSA) is 104 Å². The Morgan fingerprint density at radius 1 is 1.04 bits per heavy atom. The monoisotopic (exact) mass is 406 g/mol. The lowest BCUT2D eigenvalue weighted by Gasteiger charge is -2.29. The number of benzene rings is 1. The standard InChI is InChI=1S/C20H26N2O5S/c1-14-10-12-22(13-11-14)28(26,27)16-8-6-15(7-9-16)21-19(23)17-4-2-3-5-18(17)20(24)25/h2-3,6-9,14,17-18H,4-5,10-13H2,1H3,(H,21,23)(H,24,25). The van der Waals surface area contributed by atoms with E-state index in [2.05, 4.69) is 12.2 Å². The van der Waals surface area contributed by atoms with Crippen LogP contribution in [0.2, 0.25) is 0 Å². The first-order chi connectivity index (χ1) is 13.3. The van der Waals surface area contributed by atoms with Crippen LogP contribution in [0.3, 0.4) is 0 Å². The first kappa shape index (κ1) is 20.5.